The molecule has 8 heteroatoms. The number of amides is 2. The maximum Gasteiger partial charge on any atom is 0.265 e. The normalized spacial score (nSPS) is 11.5. The van der Waals surface area contributed by atoms with Gasteiger partial charge in [0.05, 0.1) is 11.3 Å². The van der Waals surface area contributed by atoms with E-state index < -0.39 is 0 Å². The van der Waals surface area contributed by atoms with Crippen LogP contribution in [0.4, 0.5) is 11.5 Å². The molecule has 0 bridgehead atoms. The lowest BCUT2D eigenvalue weighted by Crippen LogP contribution is -2.15. The van der Waals surface area contributed by atoms with Crippen LogP contribution in [0.25, 0.3) is 10.1 Å². The second kappa shape index (κ2) is 8.88. The minimum absolute atomic E-state index is 0.159. The van der Waals surface area contributed by atoms with Crippen molar-refractivity contribution >= 4 is 60.7 Å². The minimum atomic E-state index is -0.188. The number of nitrogens with one attached hydrogen (secondary N) is 2. The number of benzene rings is 2. The van der Waals surface area contributed by atoms with Gasteiger partial charge in [-0.2, -0.15) is 0 Å². The number of hydrogen-bond donors (Lipinski definition) is 2. The van der Waals surface area contributed by atoms with Crippen molar-refractivity contribution in [1.82, 2.24) is 5.16 Å². The molecule has 2 N–H and O–H groups in total. The number of thiophene rings is 1. The molecular formula is C24H22BrN3O3S. The zero-order valence-electron chi connectivity index (χ0n) is 17.9. The zero-order valence-corrected chi connectivity index (χ0v) is 20.3. The monoisotopic (exact) mass is 511 g/mol. The fourth-order valence-corrected chi connectivity index (χ4v) is 4.40. The standard InChI is InChI=1S/C24H22BrN3O3S/c1-24(2,3)20-13-21(28-31-20)27-22(29)10-14-4-7-17(8-5-14)26-23(30)19-12-15-11-16(25)6-9-18(15)32-19/h4-9,11-13H,10H2,1-3H3,(H,26,30)(H,27,28,29). The van der Waals surface area contributed by atoms with Crippen LogP contribution in [0.2, 0.25) is 0 Å². The molecule has 0 radical (unpaired) electrons. The summed E-state index contributed by atoms with van der Waals surface area (Å²) < 4.78 is 7.32. The number of rotatable bonds is 5. The van der Waals surface area contributed by atoms with E-state index >= 15 is 0 Å². The molecule has 0 atom stereocenters. The van der Waals surface area contributed by atoms with Crippen LogP contribution in [0.15, 0.2) is 63.6 Å². The van der Waals surface area contributed by atoms with E-state index in [4.69, 9.17) is 4.52 Å². The highest BCUT2D eigenvalue weighted by Crippen LogP contribution is 2.29. The Balaban J connectivity index is 1.35. The molecule has 2 aromatic heterocycles. The van der Waals surface area contributed by atoms with Crippen molar-refractivity contribution in [3.8, 4) is 0 Å². The highest BCUT2D eigenvalue weighted by molar-refractivity contribution is 9.10. The van der Waals surface area contributed by atoms with Crippen molar-refractivity contribution in [2.24, 2.45) is 0 Å². The lowest BCUT2D eigenvalue weighted by Gasteiger charge is -2.12. The largest absolute Gasteiger partial charge is 0.359 e. The summed E-state index contributed by atoms with van der Waals surface area (Å²) in [4.78, 5) is 25.6. The van der Waals surface area contributed by atoms with Gasteiger partial charge in [-0.05, 0) is 47.3 Å². The second-order valence-corrected chi connectivity index (χ2v) is 10.5. The lowest BCUT2D eigenvalue weighted by molar-refractivity contribution is -0.115. The van der Waals surface area contributed by atoms with Gasteiger partial charge >= 0.3 is 0 Å². The van der Waals surface area contributed by atoms with E-state index in [9.17, 15) is 9.59 Å². The molecule has 6 nitrogen and oxygen atoms in total. The number of aromatic nitrogens is 1. The van der Waals surface area contributed by atoms with Crippen LogP contribution in [0.3, 0.4) is 0 Å². The van der Waals surface area contributed by atoms with E-state index in [-0.39, 0.29) is 23.7 Å². The van der Waals surface area contributed by atoms with E-state index in [2.05, 4.69) is 31.7 Å². The molecule has 164 valence electrons. The molecule has 0 aliphatic rings. The fraction of sp³-hybridized carbons (Fsp3) is 0.208. The topological polar surface area (TPSA) is 84.2 Å². The first-order valence-electron chi connectivity index (χ1n) is 10.0. The van der Waals surface area contributed by atoms with Crippen molar-refractivity contribution < 1.29 is 14.1 Å². The van der Waals surface area contributed by atoms with Gasteiger partial charge in [0, 0.05) is 26.3 Å². The first kappa shape index (κ1) is 22.2. The van der Waals surface area contributed by atoms with Gasteiger partial charge < -0.3 is 15.2 Å². The molecule has 4 rings (SSSR count). The van der Waals surface area contributed by atoms with Crippen LogP contribution < -0.4 is 10.6 Å². The Hall–Kier alpha value is -2.97. The molecule has 2 heterocycles. The Bertz CT molecular complexity index is 1290. The molecule has 4 aromatic rings. The van der Waals surface area contributed by atoms with Gasteiger partial charge in [-0.1, -0.05) is 54.0 Å². The Labute approximate surface area is 198 Å². The van der Waals surface area contributed by atoms with E-state index in [0.717, 1.165) is 20.1 Å². The summed E-state index contributed by atoms with van der Waals surface area (Å²) in [5, 5.41) is 10.6. The van der Waals surface area contributed by atoms with Gasteiger partial charge in [0.15, 0.2) is 5.82 Å². The number of anilines is 2. The quantitative estimate of drug-likeness (QED) is 0.325. The van der Waals surface area contributed by atoms with E-state index in [0.29, 0.717) is 22.1 Å². The van der Waals surface area contributed by atoms with Crippen molar-refractivity contribution in [2.75, 3.05) is 10.6 Å². The number of fused-ring (bicyclic) bond motifs is 1. The zero-order chi connectivity index (χ0) is 22.9. The molecule has 0 spiro atoms. The average molecular weight is 512 g/mol. The van der Waals surface area contributed by atoms with Gasteiger partial charge in [0.1, 0.15) is 5.76 Å². The van der Waals surface area contributed by atoms with E-state index in [1.54, 1.807) is 18.2 Å². The van der Waals surface area contributed by atoms with Crippen molar-refractivity contribution in [3.63, 3.8) is 0 Å². The summed E-state index contributed by atoms with van der Waals surface area (Å²) >= 11 is 4.90. The molecular weight excluding hydrogens is 490 g/mol. The van der Waals surface area contributed by atoms with Gasteiger partial charge in [0.2, 0.25) is 5.91 Å². The first-order valence-corrected chi connectivity index (χ1v) is 11.6. The summed E-state index contributed by atoms with van der Waals surface area (Å²) in [6.07, 6.45) is 0.192. The van der Waals surface area contributed by atoms with E-state index in [1.807, 2.05) is 57.2 Å². The molecule has 0 fully saturated rings. The van der Waals surface area contributed by atoms with Crippen molar-refractivity contribution in [1.29, 1.82) is 0 Å². The Kier molecular flexibility index (Phi) is 6.17. The molecule has 2 aromatic carbocycles. The van der Waals surface area contributed by atoms with Gasteiger partial charge in [-0.25, -0.2) is 0 Å². The molecule has 0 saturated heterocycles. The predicted molar refractivity (Wildman–Crippen MR) is 131 cm³/mol. The first-order chi connectivity index (χ1) is 15.2. The third-order valence-electron chi connectivity index (χ3n) is 4.80. The summed E-state index contributed by atoms with van der Waals surface area (Å²) in [6, 6.07) is 16.8. The van der Waals surface area contributed by atoms with Crippen LogP contribution in [-0.4, -0.2) is 17.0 Å². The smallest absolute Gasteiger partial charge is 0.265 e. The fourth-order valence-electron chi connectivity index (χ4n) is 3.08. The van der Waals surface area contributed by atoms with Crippen LogP contribution in [0.5, 0.6) is 0 Å². The predicted octanol–water partition coefficient (Wildman–Crippen LogP) is 6.38. The maximum atomic E-state index is 12.6. The van der Waals surface area contributed by atoms with Gasteiger partial charge in [-0.15, -0.1) is 11.3 Å². The summed E-state index contributed by atoms with van der Waals surface area (Å²) in [6.45, 7) is 6.04. The summed E-state index contributed by atoms with van der Waals surface area (Å²) in [7, 11) is 0. The van der Waals surface area contributed by atoms with Crippen LogP contribution in [0, 0.1) is 0 Å². The molecule has 0 unspecified atom stereocenters. The maximum absolute atomic E-state index is 12.6. The molecule has 0 saturated carbocycles. The highest BCUT2D eigenvalue weighted by Gasteiger charge is 2.20. The molecule has 0 aliphatic heterocycles. The minimum Gasteiger partial charge on any atom is -0.359 e. The molecule has 2 amide bonds. The van der Waals surface area contributed by atoms with Crippen molar-refractivity contribution in [3.05, 3.63) is 75.3 Å². The number of carbonyl (C=O) groups excluding carboxylic acids is 2. The Morgan fingerprint density at radius 1 is 1.03 bits per heavy atom. The summed E-state index contributed by atoms with van der Waals surface area (Å²) in [5.41, 5.74) is 1.32. The van der Waals surface area contributed by atoms with Gasteiger partial charge in [-0.3, -0.25) is 9.59 Å². The third kappa shape index (κ3) is 5.26. The number of nitrogens with zero attached hydrogens (tertiary/aromatic N) is 1. The summed E-state index contributed by atoms with van der Waals surface area (Å²) in [5.74, 6) is 0.763. The van der Waals surface area contributed by atoms with Crippen molar-refractivity contribution in [2.45, 2.75) is 32.6 Å². The SMILES string of the molecule is CC(C)(C)c1cc(NC(=O)Cc2ccc(NC(=O)c3cc4cc(Br)ccc4s3)cc2)no1. The van der Waals surface area contributed by atoms with E-state index in [1.165, 1.54) is 11.3 Å². The highest BCUT2D eigenvalue weighted by atomic mass is 79.9. The van der Waals surface area contributed by atoms with Gasteiger partial charge in [0.25, 0.3) is 5.91 Å². The average Bonchev–Trinajstić information content (AvgIpc) is 3.36. The number of carbonyl (C=O) groups is 2. The molecule has 0 aliphatic carbocycles. The Morgan fingerprint density at radius 3 is 2.47 bits per heavy atom. The van der Waals surface area contributed by atoms with Crippen LogP contribution in [-0.2, 0) is 16.6 Å². The Morgan fingerprint density at radius 2 is 1.78 bits per heavy atom. The molecule has 32 heavy (non-hydrogen) atoms. The van der Waals surface area contributed by atoms with Crippen LogP contribution in [0.1, 0.15) is 41.8 Å². The number of halogens is 1. The second-order valence-electron chi connectivity index (χ2n) is 8.50. The van der Waals surface area contributed by atoms with Crippen LogP contribution >= 0.6 is 27.3 Å². The third-order valence-corrected chi connectivity index (χ3v) is 6.40. The lowest BCUT2D eigenvalue weighted by atomic mass is 9.93. The number of hydrogen-bond acceptors (Lipinski definition) is 5.